The third kappa shape index (κ3) is 6.76. The summed E-state index contributed by atoms with van der Waals surface area (Å²) in [7, 11) is 0. The summed E-state index contributed by atoms with van der Waals surface area (Å²) in [5, 5.41) is 3.18. The average molecular weight is 236 g/mol. The van der Waals surface area contributed by atoms with Crippen molar-refractivity contribution in [3.8, 4) is 0 Å². The van der Waals surface area contributed by atoms with E-state index >= 15 is 0 Å². The molecule has 0 fully saturated rings. The highest BCUT2D eigenvalue weighted by Gasteiger charge is 1.96. The van der Waals surface area contributed by atoms with E-state index < -0.39 is 0 Å². The number of nitrogens with two attached hydrogens (primary N) is 1. The molecule has 0 spiro atoms. The Hall–Kier alpha value is -1.32. The summed E-state index contributed by atoms with van der Waals surface area (Å²) in [5.74, 6) is 1.97. The predicted octanol–water partition coefficient (Wildman–Crippen LogP) is 3.08. The van der Waals surface area contributed by atoms with Crippen LogP contribution in [0.5, 0.6) is 0 Å². The quantitative estimate of drug-likeness (QED) is 0.681. The van der Waals surface area contributed by atoms with E-state index in [1.54, 1.807) is 12.3 Å². The summed E-state index contributed by atoms with van der Waals surface area (Å²) in [5.41, 5.74) is 5.57. The van der Waals surface area contributed by atoms with Gasteiger partial charge in [0.2, 0.25) is 5.95 Å². The molecule has 1 rings (SSSR count). The van der Waals surface area contributed by atoms with Gasteiger partial charge in [-0.2, -0.15) is 4.98 Å². The molecule has 0 radical (unpaired) electrons. The van der Waals surface area contributed by atoms with Crippen molar-refractivity contribution in [2.45, 2.75) is 46.0 Å². The van der Waals surface area contributed by atoms with Gasteiger partial charge in [0.25, 0.3) is 0 Å². The molecule has 3 N–H and O–H groups in total. The van der Waals surface area contributed by atoms with Gasteiger partial charge in [0.1, 0.15) is 5.82 Å². The lowest BCUT2D eigenvalue weighted by Crippen LogP contribution is -2.06. The van der Waals surface area contributed by atoms with E-state index in [9.17, 15) is 0 Å². The lowest BCUT2D eigenvalue weighted by Gasteiger charge is -2.06. The highest BCUT2D eigenvalue weighted by molar-refractivity contribution is 5.34. The molecule has 1 aromatic rings. The fourth-order valence-corrected chi connectivity index (χ4v) is 1.69. The van der Waals surface area contributed by atoms with E-state index in [0.29, 0.717) is 11.8 Å². The third-order valence-corrected chi connectivity index (χ3v) is 2.67. The van der Waals surface area contributed by atoms with Crippen LogP contribution < -0.4 is 11.1 Å². The number of anilines is 2. The Balaban J connectivity index is 2.01. The first-order valence-corrected chi connectivity index (χ1v) is 6.51. The first kappa shape index (κ1) is 13.7. The van der Waals surface area contributed by atoms with E-state index in [2.05, 4.69) is 29.1 Å². The predicted molar refractivity (Wildman–Crippen MR) is 72.9 cm³/mol. The lowest BCUT2D eigenvalue weighted by molar-refractivity contribution is 0.523. The summed E-state index contributed by atoms with van der Waals surface area (Å²) in [6.45, 7) is 5.47. The smallest absolute Gasteiger partial charge is 0.224 e. The molecular weight excluding hydrogens is 212 g/mol. The van der Waals surface area contributed by atoms with Crippen LogP contribution in [0.4, 0.5) is 11.8 Å². The molecule has 4 heteroatoms. The minimum atomic E-state index is 0.513. The molecule has 4 nitrogen and oxygen atoms in total. The van der Waals surface area contributed by atoms with Gasteiger partial charge in [-0.05, 0) is 18.4 Å². The van der Waals surface area contributed by atoms with Crippen LogP contribution in [0.2, 0.25) is 0 Å². The van der Waals surface area contributed by atoms with Crippen molar-refractivity contribution in [2.24, 2.45) is 5.92 Å². The standard InChI is InChI=1S/C13H24N4/c1-11(2)7-5-3-4-6-9-15-13-16-10-8-12(14)17-13/h8,10-11H,3-7,9H2,1-2H3,(H3,14,15,16,17). The van der Waals surface area contributed by atoms with Gasteiger partial charge in [0, 0.05) is 12.7 Å². The van der Waals surface area contributed by atoms with Crippen LogP contribution in [0.1, 0.15) is 46.0 Å². The third-order valence-electron chi connectivity index (χ3n) is 2.67. The molecule has 0 unspecified atom stereocenters. The van der Waals surface area contributed by atoms with Crippen LogP contribution >= 0.6 is 0 Å². The zero-order valence-corrected chi connectivity index (χ0v) is 10.9. The largest absolute Gasteiger partial charge is 0.384 e. The summed E-state index contributed by atoms with van der Waals surface area (Å²) in [6, 6.07) is 1.69. The normalized spacial score (nSPS) is 10.8. The fraction of sp³-hybridized carbons (Fsp3) is 0.692. The SMILES string of the molecule is CC(C)CCCCCCNc1nccc(N)n1. The summed E-state index contributed by atoms with van der Waals surface area (Å²) in [4.78, 5) is 8.18. The van der Waals surface area contributed by atoms with Crippen molar-refractivity contribution in [1.29, 1.82) is 0 Å². The van der Waals surface area contributed by atoms with E-state index in [0.717, 1.165) is 18.9 Å². The minimum Gasteiger partial charge on any atom is -0.384 e. The molecule has 0 aliphatic heterocycles. The monoisotopic (exact) mass is 236 g/mol. The van der Waals surface area contributed by atoms with Crippen LogP contribution in [0.3, 0.4) is 0 Å². The maximum absolute atomic E-state index is 5.57. The van der Waals surface area contributed by atoms with Gasteiger partial charge in [-0.25, -0.2) is 4.98 Å². The van der Waals surface area contributed by atoms with Crippen molar-refractivity contribution in [3.05, 3.63) is 12.3 Å². The highest BCUT2D eigenvalue weighted by atomic mass is 15.1. The molecule has 0 bridgehead atoms. The molecule has 0 atom stereocenters. The molecule has 0 amide bonds. The molecular formula is C13H24N4. The van der Waals surface area contributed by atoms with Crippen molar-refractivity contribution >= 4 is 11.8 Å². The topological polar surface area (TPSA) is 63.8 Å². The number of hydrogen-bond acceptors (Lipinski definition) is 4. The molecule has 0 aliphatic carbocycles. The molecule has 1 heterocycles. The van der Waals surface area contributed by atoms with Crippen molar-refractivity contribution < 1.29 is 0 Å². The molecule has 0 aromatic carbocycles. The van der Waals surface area contributed by atoms with Crippen LogP contribution in [-0.2, 0) is 0 Å². The Labute approximate surface area is 104 Å². The summed E-state index contributed by atoms with van der Waals surface area (Å²) in [6.07, 6.45) is 8.10. The number of nitrogen functional groups attached to an aromatic ring is 1. The molecule has 96 valence electrons. The average Bonchev–Trinajstić information content (AvgIpc) is 2.27. The second kappa shape index (κ2) is 7.87. The van der Waals surface area contributed by atoms with Crippen LogP contribution in [0.15, 0.2) is 12.3 Å². The molecule has 1 aromatic heterocycles. The Bertz CT molecular complexity index is 312. The van der Waals surface area contributed by atoms with Gasteiger partial charge in [0.15, 0.2) is 0 Å². The van der Waals surface area contributed by atoms with E-state index in [-0.39, 0.29) is 0 Å². The van der Waals surface area contributed by atoms with Crippen molar-refractivity contribution in [1.82, 2.24) is 9.97 Å². The van der Waals surface area contributed by atoms with Gasteiger partial charge in [0.05, 0.1) is 0 Å². The van der Waals surface area contributed by atoms with Gasteiger partial charge in [-0.1, -0.05) is 39.5 Å². The highest BCUT2D eigenvalue weighted by Crippen LogP contribution is 2.09. The van der Waals surface area contributed by atoms with E-state index in [1.165, 1.54) is 25.7 Å². The van der Waals surface area contributed by atoms with Crippen molar-refractivity contribution in [2.75, 3.05) is 17.6 Å². The van der Waals surface area contributed by atoms with E-state index in [1.807, 2.05) is 0 Å². The summed E-state index contributed by atoms with van der Waals surface area (Å²) >= 11 is 0. The first-order valence-electron chi connectivity index (χ1n) is 6.51. The zero-order chi connectivity index (χ0) is 12.5. The van der Waals surface area contributed by atoms with Crippen LogP contribution in [0.25, 0.3) is 0 Å². The van der Waals surface area contributed by atoms with Gasteiger partial charge < -0.3 is 11.1 Å². The second-order valence-electron chi connectivity index (χ2n) is 4.83. The second-order valence-corrected chi connectivity index (χ2v) is 4.83. The Morgan fingerprint density at radius 2 is 2.00 bits per heavy atom. The lowest BCUT2D eigenvalue weighted by atomic mass is 10.0. The maximum Gasteiger partial charge on any atom is 0.224 e. The Morgan fingerprint density at radius 3 is 2.71 bits per heavy atom. The number of nitrogens with zero attached hydrogens (tertiary/aromatic N) is 2. The summed E-state index contributed by atoms with van der Waals surface area (Å²) < 4.78 is 0. The number of rotatable bonds is 8. The molecule has 0 saturated carbocycles. The Morgan fingerprint density at radius 1 is 1.24 bits per heavy atom. The number of aromatic nitrogens is 2. The van der Waals surface area contributed by atoms with Crippen LogP contribution in [0, 0.1) is 5.92 Å². The van der Waals surface area contributed by atoms with Crippen molar-refractivity contribution in [3.63, 3.8) is 0 Å². The van der Waals surface area contributed by atoms with E-state index in [4.69, 9.17) is 5.73 Å². The maximum atomic E-state index is 5.57. The first-order chi connectivity index (χ1) is 8.18. The fourth-order valence-electron chi connectivity index (χ4n) is 1.69. The zero-order valence-electron chi connectivity index (χ0n) is 10.9. The van der Waals surface area contributed by atoms with Gasteiger partial charge >= 0.3 is 0 Å². The number of nitrogens with one attached hydrogen (secondary N) is 1. The van der Waals surface area contributed by atoms with Gasteiger partial charge in [-0.3, -0.25) is 0 Å². The molecule has 0 aliphatic rings. The minimum absolute atomic E-state index is 0.513. The number of unbranched alkanes of at least 4 members (excludes halogenated alkanes) is 3. The van der Waals surface area contributed by atoms with Crippen LogP contribution in [-0.4, -0.2) is 16.5 Å². The number of hydrogen-bond donors (Lipinski definition) is 2. The molecule has 17 heavy (non-hydrogen) atoms. The molecule has 0 saturated heterocycles. The van der Waals surface area contributed by atoms with Gasteiger partial charge in [-0.15, -0.1) is 0 Å². The Kier molecular flexibility index (Phi) is 6.37.